The summed E-state index contributed by atoms with van der Waals surface area (Å²) in [6, 6.07) is 3.78. The third kappa shape index (κ3) is 2.91. The highest BCUT2D eigenvalue weighted by molar-refractivity contribution is 5.18. The Morgan fingerprint density at radius 3 is 2.82 bits per heavy atom. The quantitative estimate of drug-likeness (QED) is 0.872. The monoisotopic (exact) mass is 231 g/mol. The molecule has 0 bridgehead atoms. The lowest BCUT2D eigenvalue weighted by Crippen LogP contribution is -2.04. The summed E-state index contributed by atoms with van der Waals surface area (Å²) in [6.07, 6.45) is 6.42. The highest BCUT2D eigenvalue weighted by Gasteiger charge is 2.09. The molecule has 2 rings (SSSR count). The van der Waals surface area contributed by atoms with Crippen molar-refractivity contribution in [3.05, 3.63) is 47.8 Å². The largest absolute Gasteiger partial charge is 0.388 e. The van der Waals surface area contributed by atoms with Gasteiger partial charge in [0.1, 0.15) is 5.82 Å². The second-order valence-corrected chi connectivity index (χ2v) is 4.24. The molecule has 0 aliphatic rings. The number of hydrogen-bond acceptors (Lipinski definition) is 3. The summed E-state index contributed by atoms with van der Waals surface area (Å²) in [4.78, 5) is 8.36. The Hall–Kier alpha value is -1.68. The Balaban J connectivity index is 1.98. The SMILES string of the molecule is Cc1cc(C(O)CCc2nccn2C)ccn1. The standard InChI is InChI=1S/C13H17N3O/c1-10-9-11(5-6-14-10)12(17)3-4-13-15-7-8-16(13)2/h5-9,12,17H,3-4H2,1-2H3. The van der Waals surface area contributed by atoms with Crippen LogP contribution in [0.3, 0.4) is 0 Å². The fraction of sp³-hybridized carbons (Fsp3) is 0.385. The van der Waals surface area contributed by atoms with Crippen molar-refractivity contribution in [1.82, 2.24) is 14.5 Å². The molecule has 0 aromatic carbocycles. The van der Waals surface area contributed by atoms with E-state index >= 15 is 0 Å². The van der Waals surface area contributed by atoms with Gasteiger partial charge in [0, 0.05) is 37.8 Å². The molecule has 0 fully saturated rings. The fourth-order valence-electron chi connectivity index (χ4n) is 1.84. The van der Waals surface area contributed by atoms with Crippen LogP contribution in [0, 0.1) is 6.92 Å². The summed E-state index contributed by atoms with van der Waals surface area (Å²) in [5, 5.41) is 10.1. The van der Waals surface area contributed by atoms with Gasteiger partial charge in [-0.15, -0.1) is 0 Å². The molecule has 0 radical (unpaired) electrons. The van der Waals surface area contributed by atoms with E-state index in [0.29, 0.717) is 6.42 Å². The van der Waals surface area contributed by atoms with Gasteiger partial charge in [-0.3, -0.25) is 4.98 Å². The van der Waals surface area contributed by atoms with Crippen molar-refractivity contribution in [1.29, 1.82) is 0 Å². The first-order valence-electron chi connectivity index (χ1n) is 5.73. The van der Waals surface area contributed by atoms with Crippen LogP contribution in [-0.4, -0.2) is 19.6 Å². The normalized spacial score (nSPS) is 12.6. The summed E-state index contributed by atoms with van der Waals surface area (Å²) >= 11 is 0. The maximum atomic E-state index is 10.1. The van der Waals surface area contributed by atoms with Crippen LogP contribution in [0.4, 0.5) is 0 Å². The number of aliphatic hydroxyl groups is 1. The summed E-state index contributed by atoms with van der Waals surface area (Å²) in [5.41, 5.74) is 1.85. The topological polar surface area (TPSA) is 50.9 Å². The zero-order valence-corrected chi connectivity index (χ0v) is 10.2. The minimum atomic E-state index is -0.451. The van der Waals surface area contributed by atoms with Gasteiger partial charge >= 0.3 is 0 Å². The fourth-order valence-corrected chi connectivity index (χ4v) is 1.84. The third-order valence-electron chi connectivity index (χ3n) is 2.87. The number of imidazole rings is 1. The van der Waals surface area contributed by atoms with Crippen LogP contribution in [0.15, 0.2) is 30.7 Å². The first-order valence-corrected chi connectivity index (χ1v) is 5.73. The van der Waals surface area contributed by atoms with E-state index in [1.807, 2.05) is 36.9 Å². The number of aliphatic hydroxyl groups excluding tert-OH is 1. The lowest BCUT2D eigenvalue weighted by Gasteiger charge is -2.11. The summed E-state index contributed by atoms with van der Waals surface area (Å²) in [7, 11) is 1.96. The molecule has 2 aromatic heterocycles. The molecule has 2 aromatic rings. The average Bonchev–Trinajstić information content (AvgIpc) is 2.72. The predicted molar refractivity (Wildman–Crippen MR) is 65.5 cm³/mol. The first kappa shape index (κ1) is 11.8. The van der Waals surface area contributed by atoms with Gasteiger partial charge in [-0.05, 0) is 31.0 Å². The lowest BCUT2D eigenvalue weighted by molar-refractivity contribution is 0.166. The Bertz CT molecular complexity index is 493. The van der Waals surface area contributed by atoms with Crippen molar-refractivity contribution >= 4 is 0 Å². The number of hydrogen-bond donors (Lipinski definition) is 1. The number of nitrogens with zero attached hydrogens (tertiary/aromatic N) is 3. The molecule has 0 aliphatic carbocycles. The second kappa shape index (κ2) is 5.10. The highest BCUT2D eigenvalue weighted by atomic mass is 16.3. The van der Waals surface area contributed by atoms with Crippen molar-refractivity contribution in [2.45, 2.75) is 25.9 Å². The van der Waals surface area contributed by atoms with E-state index in [0.717, 1.165) is 23.5 Å². The van der Waals surface area contributed by atoms with Crippen LogP contribution in [0.5, 0.6) is 0 Å². The minimum absolute atomic E-state index is 0.451. The molecule has 0 saturated heterocycles. The molecular formula is C13H17N3O. The van der Waals surface area contributed by atoms with Crippen molar-refractivity contribution in [3.63, 3.8) is 0 Å². The lowest BCUT2D eigenvalue weighted by atomic mass is 10.1. The molecule has 0 spiro atoms. The van der Waals surface area contributed by atoms with E-state index in [4.69, 9.17) is 0 Å². The van der Waals surface area contributed by atoms with E-state index in [2.05, 4.69) is 9.97 Å². The van der Waals surface area contributed by atoms with Gasteiger partial charge < -0.3 is 9.67 Å². The van der Waals surface area contributed by atoms with Gasteiger partial charge in [-0.25, -0.2) is 4.98 Å². The van der Waals surface area contributed by atoms with Crippen molar-refractivity contribution < 1.29 is 5.11 Å². The van der Waals surface area contributed by atoms with E-state index in [1.54, 1.807) is 12.4 Å². The van der Waals surface area contributed by atoms with Gasteiger partial charge in [-0.1, -0.05) is 0 Å². The number of aromatic nitrogens is 3. The second-order valence-electron chi connectivity index (χ2n) is 4.24. The van der Waals surface area contributed by atoms with E-state index in [9.17, 15) is 5.11 Å². The van der Waals surface area contributed by atoms with Gasteiger partial charge in [0.25, 0.3) is 0 Å². The Labute approximate surface area is 101 Å². The summed E-state index contributed by atoms with van der Waals surface area (Å²) < 4.78 is 1.98. The maximum Gasteiger partial charge on any atom is 0.108 e. The number of aryl methyl sites for hydroxylation is 3. The molecule has 90 valence electrons. The van der Waals surface area contributed by atoms with Crippen LogP contribution in [-0.2, 0) is 13.5 Å². The summed E-state index contributed by atoms with van der Waals surface area (Å²) in [5.74, 6) is 0.995. The molecule has 1 N–H and O–H groups in total. The van der Waals surface area contributed by atoms with Crippen LogP contribution < -0.4 is 0 Å². The molecule has 1 atom stereocenters. The zero-order valence-electron chi connectivity index (χ0n) is 10.2. The van der Waals surface area contributed by atoms with Crippen LogP contribution >= 0.6 is 0 Å². The average molecular weight is 231 g/mol. The molecular weight excluding hydrogens is 214 g/mol. The zero-order chi connectivity index (χ0) is 12.3. The molecule has 0 aliphatic heterocycles. The van der Waals surface area contributed by atoms with Gasteiger partial charge in [0.05, 0.1) is 6.10 Å². The molecule has 0 saturated carbocycles. The van der Waals surface area contributed by atoms with Gasteiger partial charge in [-0.2, -0.15) is 0 Å². The summed E-state index contributed by atoms with van der Waals surface area (Å²) in [6.45, 7) is 1.93. The molecule has 4 heteroatoms. The third-order valence-corrected chi connectivity index (χ3v) is 2.87. The van der Waals surface area contributed by atoms with Gasteiger partial charge in [0.2, 0.25) is 0 Å². The van der Waals surface area contributed by atoms with Gasteiger partial charge in [0.15, 0.2) is 0 Å². The first-order chi connectivity index (χ1) is 8.16. The maximum absolute atomic E-state index is 10.1. The van der Waals surface area contributed by atoms with Crippen molar-refractivity contribution in [2.75, 3.05) is 0 Å². The van der Waals surface area contributed by atoms with Crippen LogP contribution in [0.1, 0.15) is 29.6 Å². The molecule has 17 heavy (non-hydrogen) atoms. The van der Waals surface area contributed by atoms with Crippen LogP contribution in [0.25, 0.3) is 0 Å². The highest BCUT2D eigenvalue weighted by Crippen LogP contribution is 2.18. The number of pyridine rings is 1. The van der Waals surface area contributed by atoms with Crippen molar-refractivity contribution in [3.8, 4) is 0 Å². The molecule has 4 nitrogen and oxygen atoms in total. The number of rotatable bonds is 4. The molecule has 0 amide bonds. The van der Waals surface area contributed by atoms with E-state index in [1.165, 1.54) is 0 Å². The molecule has 1 unspecified atom stereocenters. The Morgan fingerprint density at radius 1 is 1.35 bits per heavy atom. The smallest absolute Gasteiger partial charge is 0.108 e. The molecule has 2 heterocycles. The minimum Gasteiger partial charge on any atom is -0.388 e. The Morgan fingerprint density at radius 2 is 2.18 bits per heavy atom. The Kier molecular flexibility index (Phi) is 3.54. The van der Waals surface area contributed by atoms with E-state index < -0.39 is 6.10 Å². The van der Waals surface area contributed by atoms with E-state index in [-0.39, 0.29) is 0 Å². The predicted octanol–water partition coefficient (Wildman–Crippen LogP) is 1.79. The van der Waals surface area contributed by atoms with Crippen LogP contribution in [0.2, 0.25) is 0 Å². The van der Waals surface area contributed by atoms with Crippen molar-refractivity contribution in [2.24, 2.45) is 7.05 Å².